The number of anilines is 1. The lowest BCUT2D eigenvalue weighted by Gasteiger charge is -2.34. The van der Waals surface area contributed by atoms with Crippen molar-refractivity contribution in [1.29, 1.82) is 0 Å². The Labute approximate surface area is 217 Å². The molecule has 8 heteroatoms. The van der Waals surface area contributed by atoms with Gasteiger partial charge in [0.15, 0.2) is 0 Å². The Morgan fingerprint density at radius 2 is 2.00 bits per heavy atom. The average molecular weight is 503 g/mol. The molecular formula is C28H31ClN6O. The Balaban J connectivity index is 1.31. The van der Waals surface area contributed by atoms with E-state index in [0.29, 0.717) is 28.2 Å². The van der Waals surface area contributed by atoms with Crippen molar-refractivity contribution in [2.75, 3.05) is 25.1 Å². The fourth-order valence-electron chi connectivity index (χ4n) is 6.59. The number of rotatable bonds is 4. The van der Waals surface area contributed by atoms with Gasteiger partial charge in [0.25, 0.3) is 5.91 Å². The Kier molecular flexibility index (Phi) is 6.18. The van der Waals surface area contributed by atoms with Gasteiger partial charge in [-0.15, -0.1) is 0 Å². The first-order chi connectivity index (χ1) is 17.5. The molecule has 1 amide bonds. The molecule has 2 aliphatic carbocycles. The molecule has 2 aliphatic heterocycles. The predicted octanol–water partition coefficient (Wildman–Crippen LogP) is 5.07. The van der Waals surface area contributed by atoms with E-state index in [-0.39, 0.29) is 18.0 Å². The van der Waals surface area contributed by atoms with E-state index in [1.165, 1.54) is 25.7 Å². The predicted molar refractivity (Wildman–Crippen MR) is 142 cm³/mol. The fourth-order valence-corrected chi connectivity index (χ4v) is 6.81. The highest BCUT2D eigenvalue weighted by Gasteiger charge is 2.46. The zero-order chi connectivity index (χ0) is 24.8. The molecule has 0 bridgehead atoms. The SMILES string of the molecule is [C-]#[N+]c1ccc(N2N=C3c4ccc(C(=O)N[C@@H]5CCN(C)C5)nc4CCC3C2C2CCCC2)cc1Cl. The van der Waals surface area contributed by atoms with Crippen LogP contribution >= 0.6 is 11.6 Å². The minimum atomic E-state index is -0.0893. The number of carbonyl (C=O) groups is 1. The van der Waals surface area contributed by atoms with Crippen LogP contribution in [-0.2, 0) is 6.42 Å². The summed E-state index contributed by atoms with van der Waals surface area (Å²) in [7, 11) is 2.08. The molecule has 1 N–H and O–H groups in total. The largest absolute Gasteiger partial charge is 0.347 e. The number of fused-ring (bicyclic) bond motifs is 3. The highest BCUT2D eigenvalue weighted by molar-refractivity contribution is 6.33. The molecule has 1 saturated heterocycles. The second-order valence-corrected chi connectivity index (χ2v) is 11.1. The maximum Gasteiger partial charge on any atom is 0.270 e. The maximum absolute atomic E-state index is 12.9. The number of nitrogens with zero attached hydrogens (tertiary/aromatic N) is 5. The first-order valence-electron chi connectivity index (χ1n) is 13.1. The maximum atomic E-state index is 12.9. The summed E-state index contributed by atoms with van der Waals surface area (Å²) in [5, 5.41) is 11.0. The van der Waals surface area contributed by atoms with E-state index >= 15 is 0 Å². The van der Waals surface area contributed by atoms with Crippen LogP contribution in [0, 0.1) is 18.4 Å². The minimum Gasteiger partial charge on any atom is -0.347 e. The number of amides is 1. The van der Waals surface area contributed by atoms with Gasteiger partial charge in [-0.3, -0.25) is 9.80 Å². The lowest BCUT2D eigenvalue weighted by molar-refractivity contribution is 0.0933. The van der Waals surface area contributed by atoms with E-state index < -0.39 is 0 Å². The molecule has 2 unspecified atom stereocenters. The van der Waals surface area contributed by atoms with Crippen LogP contribution in [0.3, 0.4) is 0 Å². The van der Waals surface area contributed by atoms with Gasteiger partial charge in [-0.2, -0.15) is 5.10 Å². The molecule has 186 valence electrons. The summed E-state index contributed by atoms with van der Waals surface area (Å²) in [6.45, 7) is 9.23. The van der Waals surface area contributed by atoms with Gasteiger partial charge in [0, 0.05) is 29.1 Å². The first-order valence-corrected chi connectivity index (χ1v) is 13.4. The van der Waals surface area contributed by atoms with Crippen molar-refractivity contribution in [2.45, 2.75) is 57.0 Å². The van der Waals surface area contributed by atoms with Crippen molar-refractivity contribution >= 4 is 34.6 Å². The highest BCUT2D eigenvalue weighted by Crippen LogP contribution is 2.45. The van der Waals surface area contributed by atoms with Crippen molar-refractivity contribution in [3.05, 3.63) is 63.7 Å². The van der Waals surface area contributed by atoms with Crippen molar-refractivity contribution in [2.24, 2.45) is 16.9 Å². The monoisotopic (exact) mass is 502 g/mol. The van der Waals surface area contributed by atoms with Gasteiger partial charge < -0.3 is 10.2 Å². The van der Waals surface area contributed by atoms with Crippen LogP contribution < -0.4 is 10.3 Å². The average Bonchev–Trinajstić information content (AvgIpc) is 3.63. The number of benzene rings is 1. The van der Waals surface area contributed by atoms with Crippen molar-refractivity contribution in [3.8, 4) is 0 Å². The van der Waals surface area contributed by atoms with E-state index in [1.54, 1.807) is 6.07 Å². The Bertz CT molecular complexity index is 1260. The summed E-state index contributed by atoms with van der Waals surface area (Å²) >= 11 is 6.43. The molecular weight excluding hydrogens is 472 g/mol. The third kappa shape index (κ3) is 4.16. The normalized spacial score (nSPS) is 25.9. The number of hydrazone groups is 1. The Morgan fingerprint density at radius 1 is 1.17 bits per heavy atom. The Hall–Kier alpha value is -2.95. The van der Waals surface area contributed by atoms with E-state index in [0.717, 1.165) is 55.0 Å². The van der Waals surface area contributed by atoms with E-state index in [4.69, 9.17) is 28.3 Å². The Morgan fingerprint density at radius 3 is 2.72 bits per heavy atom. The van der Waals surface area contributed by atoms with E-state index in [1.807, 2.05) is 24.3 Å². The number of likely N-dealkylation sites (N-methyl/N-ethyl adjacent to an activating group) is 1. The van der Waals surface area contributed by atoms with Crippen LogP contribution in [0.4, 0.5) is 11.4 Å². The summed E-state index contributed by atoms with van der Waals surface area (Å²) in [5.74, 6) is 0.823. The van der Waals surface area contributed by atoms with Gasteiger partial charge >= 0.3 is 0 Å². The van der Waals surface area contributed by atoms with Crippen molar-refractivity contribution in [1.82, 2.24) is 15.2 Å². The van der Waals surface area contributed by atoms with Crippen LogP contribution in [0.5, 0.6) is 0 Å². The van der Waals surface area contributed by atoms with Gasteiger partial charge in [0.1, 0.15) is 5.69 Å². The summed E-state index contributed by atoms with van der Waals surface area (Å²) in [6.07, 6.45) is 7.77. The van der Waals surface area contributed by atoms with E-state index in [2.05, 4.69) is 27.1 Å². The van der Waals surface area contributed by atoms with Gasteiger partial charge in [0.05, 0.1) is 29.7 Å². The molecule has 0 spiro atoms. The molecule has 1 saturated carbocycles. The standard InChI is InChI=1S/C28H31ClN6O/c1-30-24-10-7-19(15-22(24)29)35-27(17-5-3-4-6-17)21-9-11-23-20(26(21)33-35)8-12-25(32-23)28(36)31-18-13-14-34(2)16-18/h7-8,10,12,15,17-18,21,27H,3-6,9,11,13-14,16H2,2H3,(H,31,36)/t18-,21?,27?/m1/s1. The molecule has 36 heavy (non-hydrogen) atoms. The lowest BCUT2D eigenvalue weighted by Crippen LogP contribution is -2.41. The fraction of sp³-hybridized carbons (Fsp3) is 0.500. The molecule has 2 fully saturated rings. The molecule has 3 atom stereocenters. The number of hydrogen-bond donors (Lipinski definition) is 1. The number of aryl methyl sites for hydroxylation is 1. The van der Waals surface area contributed by atoms with Gasteiger partial charge in [-0.25, -0.2) is 9.83 Å². The molecule has 2 aromatic rings. The molecule has 1 aromatic heterocycles. The molecule has 4 aliphatic rings. The van der Waals surface area contributed by atoms with Crippen molar-refractivity contribution in [3.63, 3.8) is 0 Å². The van der Waals surface area contributed by atoms with Gasteiger partial charge in [-0.1, -0.05) is 30.5 Å². The summed E-state index contributed by atoms with van der Waals surface area (Å²) in [6, 6.07) is 10.0. The molecule has 3 heterocycles. The molecule has 1 aromatic carbocycles. The van der Waals surface area contributed by atoms with Crippen LogP contribution in [0.1, 0.15) is 60.3 Å². The summed E-state index contributed by atoms with van der Waals surface area (Å²) in [5.41, 5.74) is 5.01. The number of likely N-dealkylation sites (tertiary alicyclic amines) is 1. The number of aromatic nitrogens is 1. The minimum absolute atomic E-state index is 0.0893. The van der Waals surface area contributed by atoms with Crippen LogP contribution in [-0.4, -0.2) is 53.7 Å². The van der Waals surface area contributed by atoms with E-state index in [9.17, 15) is 4.79 Å². The van der Waals surface area contributed by atoms with Gasteiger partial charge in [-0.05, 0) is 75.9 Å². The zero-order valence-electron chi connectivity index (χ0n) is 20.6. The smallest absolute Gasteiger partial charge is 0.270 e. The second-order valence-electron chi connectivity index (χ2n) is 10.7. The topological polar surface area (TPSA) is 65.2 Å². The highest BCUT2D eigenvalue weighted by atomic mass is 35.5. The molecule has 7 nitrogen and oxygen atoms in total. The number of carbonyl (C=O) groups excluding carboxylic acids is 1. The number of nitrogens with one attached hydrogen (secondary N) is 1. The van der Waals surface area contributed by atoms with Gasteiger partial charge in [0.2, 0.25) is 5.69 Å². The zero-order valence-corrected chi connectivity index (χ0v) is 21.3. The summed E-state index contributed by atoms with van der Waals surface area (Å²) in [4.78, 5) is 23.5. The van der Waals surface area contributed by atoms with Crippen LogP contribution in [0.2, 0.25) is 5.02 Å². The van der Waals surface area contributed by atoms with Crippen LogP contribution in [0.25, 0.3) is 4.85 Å². The summed E-state index contributed by atoms with van der Waals surface area (Å²) < 4.78 is 0. The second kappa shape index (κ2) is 9.49. The quantitative estimate of drug-likeness (QED) is 0.593. The molecule has 6 rings (SSSR count). The molecule has 0 radical (unpaired) electrons. The third-order valence-electron chi connectivity index (χ3n) is 8.36. The number of pyridine rings is 1. The third-order valence-corrected chi connectivity index (χ3v) is 8.66. The lowest BCUT2D eigenvalue weighted by atomic mass is 9.76. The number of hydrogen-bond acceptors (Lipinski definition) is 5. The van der Waals surface area contributed by atoms with Crippen LogP contribution in [0.15, 0.2) is 35.4 Å². The number of halogens is 1. The first kappa shape index (κ1) is 23.4. The van der Waals surface area contributed by atoms with Crippen molar-refractivity contribution < 1.29 is 4.79 Å².